The summed E-state index contributed by atoms with van der Waals surface area (Å²) >= 11 is 5.69. The Kier molecular flexibility index (Phi) is 3.47. The smallest absolute Gasteiger partial charge is 0.248 e. The van der Waals surface area contributed by atoms with Gasteiger partial charge in [0.2, 0.25) is 5.92 Å². The van der Waals surface area contributed by atoms with Crippen LogP contribution in [0.2, 0.25) is 5.15 Å². The monoisotopic (exact) mass is 274 g/mol. The number of rotatable bonds is 1. The summed E-state index contributed by atoms with van der Waals surface area (Å²) in [5.41, 5.74) is -0.141. The quantitative estimate of drug-likeness (QED) is 0.600. The van der Waals surface area contributed by atoms with Crippen LogP contribution in [0.25, 0.3) is 0 Å². The Bertz CT molecular complexity index is 526. The van der Waals surface area contributed by atoms with Gasteiger partial charge in [0.15, 0.2) is 10.6 Å². The van der Waals surface area contributed by atoms with Crippen LogP contribution in [0.4, 0.5) is 8.78 Å². The van der Waals surface area contributed by atoms with Crippen LogP contribution in [0.15, 0.2) is 12.4 Å². The number of halogens is 3. The predicted molar refractivity (Wildman–Crippen MR) is 63.1 cm³/mol. The van der Waals surface area contributed by atoms with Crippen molar-refractivity contribution in [1.29, 1.82) is 10.8 Å². The third-order valence-electron chi connectivity index (χ3n) is 3.13. The first-order valence-corrected chi connectivity index (χ1v) is 6.03. The molecule has 7 heteroatoms. The van der Waals surface area contributed by atoms with E-state index in [1.165, 1.54) is 17.0 Å². The molecule has 1 atom stereocenters. The van der Waals surface area contributed by atoms with Crippen molar-refractivity contribution in [1.82, 2.24) is 9.55 Å². The van der Waals surface area contributed by atoms with Crippen molar-refractivity contribution in [3.05, 3.63) is 23.0 Å². The highest BCUT2D eigenvalue weighted by Crippen LogP contribution is 2.37. The Morgan fingerprint density at radius 2 is 2.28 bits per heavy atom. The third-order valence-corrected chi connectivity index (χ3v) is 3.40. The number of hydrogen-bond acceptors (Lipinski definition) is 3. The zero-order valence-electron chi connectivity index (χ0n) is 9.59. The van der Waals surface area contributed by atoms with Gasteiger partial charge in [0.25, 0.3) is 0 Å². The SMILES string of the molecule is N=C(C1CCCC(F)(F)C1)n1ccnc(Cl)c1=N. The van der Waals surface area contributed by atoms with Gasteiger partial charge in [0.1, 0.15) is 5.84 Å². The summed E-state index contributed by atoms with van der Waals surface area (Å²) in [6.45, 7) is 0. The van der Waals surface area contributed by atoms with Gasteiger partial charge in [-0.25, -0.2) is 13.8 Å². The molecule has 1 aromatic heterocycles. The summed E-state index contributed by atoms with van der Waals surface area (Å²) in [5, 5.41) is 15.6. The molecule has 0 radical (unpaired) electrons. The summed E-state index contributed by atoms with van der Waals surface area (Å²) in [7, 11) is 0. The van der Waals surface area contributed by atoms with Gasteiger partial charge in [-0.2, -0.15) is 0 Å². The molecule has 1 aliphatic carbocycles. The minimum Gasteiger partial charge on any atom is -0.288 e. The molecule has 18 heavy (non-hydrogen) atoms. The lowest BCUT2D eigenvalue weighted by atomic mass is 9.85. The van der Waals surface area contributed by atoms with E-state index in [9.17, 15) is 8.78 Å². The second-order valence-electron chi connectivity index (χ2n) is 4.47. The predicted octanol–water partition coefficient (Wildman–Crippen LogP) is 2.67. The number of hydrogen-bond donors (Lipinski definition) is 2. The Labute approximate surface area is 108 Å². The number of nitrogens with one attached hydrogen (secondary N) is 2. The van der Waals surface area contributed by atoms with Crippen LogP contribution < -0.4 is 5.49 Å². The summed E-state index contributed by atoms with van der Waals surface area (Å²) < 4.78 is 27.8. The van der Waals surface area contributed by atoms with E-state index < -0.39 is 11.8 Å². The lowest BCUT2D eigenvalue weighted by Gasteiger charge is -2.29. The van der Waals surface area contributed by atoms with Gasteiger partial charge in [-0.1, -0.05) is 11.6 Å². The van der Waals surface area contributed by atoms with Crippen LogP contribution >= 0.6 is 11.6 Å². The molecule has 0 aliphatic heterocycles. The summed E-state index contributed by atoms with van der Waals surface area (Å²) in [5.74, 6) is -3.26. The molecule has 4 nitrogen and oxygen atoms in total. The molecule has 0 saturated heterocycles. The molecular formula is C11H13ClF2N4. The molecule has 0 amide bonds. The van der Waals surface area contributed by atoms with Crippen molar-refractivity contribution in [2.24, 2.45) is 5.92 Å². The molecule has 1 saturated carbocycles. The maximum Gasteiger partial charge on any atom is 0.248 e. The van der Waals surface area contributed by atoms with E-state index in [0.717, 1.165) is 0 Å². The lowest BCUT2D eigenvalue weighted by molar-refractivity contribution is -0.0432. The first kappa shape index (κ1) is 13.1. The van der Waals surface area contributed by atoms with Gasteiger partial charge in [0.05, 0.1) is 0 Å². The average Bonchev–Trinajstić information content (AvgIpc) is 2.30. The van der Waals surface area contributed by atoms with E-state index in [2.05, 4.69) is 4.98 Å². The zero-order valence-corrected chi connectivity index (χ0v) is 10.3. The maximum atomic E-state index is 13.3. The Hall–Kier alpha value is -1.30. The maximum absolute atomic E-state index is 13.3. The largest absolute Gasteiger partial charge is 0.288 e. The molecule has 1 fully saturated rings. The van der Waals surface area contributed by atoms with Crippen LogP contribution in [-0.4, -0.2) is 21.3 Å². The van der Waals surface area contributed by atoms with Crippen LogP contribution in [0.5, 0.6) is 0 Å². The Morgan fingerprint density at radius 3 is 2.94 bits per heavy atom. The van der Waals surface area contributed by atoms with Crippen molar-refractivity contribution in [2.45, 2.75) is 31.6 Å². The molecule has 0 bridgehead atoms. The van der Waals surface area contributed by atoms with Gasteiger partial charge in [0, 0.05) is 31.2 Å². The van der Waals surface area contributed by atoms with Gasteiger partial charge in [-0.05, 0) is 12.8 Å². The van der Waals surface area contributed by atoms with E-state index in [1.807, 2.05) is 0 Å². The van der Waals surface area contributed by atoms with Crippen molar-refractivity contribution in [3.63, 3.8) is 0 Å². The molecule has 1 aromatic rings. The topological polar surface area (TPSA) is 65.5 Å². The summed E-state index contributed by atoms with van der Waals surface area (Å²) in [6.07, 6.45) is 3.25. The molecule has 2 N–H and O–H groups in total. The molecular weight excluding hydrogens is 262 g/mol. The van der Waals surface area contributed by atoms with E-state index in [4.69, 9.17) is 22.4 Å². The Morgan fingerprint density at radius 1 is 1.56 bits per heavy atom. The lowest BCUT2D eigenvalue weighted by Crippen LogP contribution is -2.37. The highest BCUT2D eigenvalue weighted by molar-refractivity contribution is 6.29. The van der Waals surface area contributed by atoms with Crippen LogP contribution in [0, 0.1) is 16.7 Å². The van der Waals surface area contributed by atoms with Gasteiger partial charge in [-0.3, -0.25) is 15.4 Å². The standard InChI is InChI=1S/C11H13ClF2N4/c12-8-10(16)18(5-4-17-8)9(15)7-2-1-3-11(13,14)6-7/h4-5,7,15-16H,1-3,6H2. The van der Waals surface area contributed by atoms with Gasteiger partial charge in [-0.15, -0.1) is 0 Å². The number of alkyl halides is 2. The van der Waals surface area contributed by atoms with Gasteiger partial charge >= 0.3 is 0 Å². The molecule has 1 unspecified atom stereocenters. The van der Waals surface area contributed by atoms with E-state index in [-0.39, 0.29) is 29.3 Å². The fourth-order valence-corrected chi connectivity index (χ4v) is 2.35. The van der Waals surface area contributed by atoms with Crippen molar-refractivity contribution in [3.8, 4) is 0 Å². The first-order valence-electron chi connectivity index (χ1n) is 5.65. The van der Waals surface area contributed by atoms with Gasteiger partial charge < -0.3 is 0 Å². The Balaban J connectivity index is 2.26. The second kappa shape index (κ2) is 4.76. The third kappa shape index (κ3) is 2.58. The number of aromatic nitrogens is 2. The molecule has 0 spiro atoms. The normalized spacial score (nSPS) is 22.7. The minimum atomic E-state index is -2.71. The van der Waals surface area contributed by atoms with Crippen LogP contribution in [0.3, 0.4) is 0 Å². The van der Waals surface area contributed by atoms with Crippen LogP contribution in [-0.2, 0) is 0 Å². The molecule has 1 aliphatic rings. The van der Waals surface area contributed by atoms with Crippen LogP contribution in [0.1, 0.15) is 25.7 Å². The summed E-state index contributed by atoms with van der Waals surface area (Å²) in [4.78, 5) is 3.71. The second-order valence-corrected chi connectivity index (χ2v) is 4.83. The van der Waals surface area contributed by atoms with Crippen molar-refractivity contribution < 1.29 is 8.78 Å². The fraction of sp³-hybridized carbons (Fsp3) is 0.545. The number of nitrogens with zero attached hydrogens (tertiary/aromatic N) is 2. The first-order chi connectivity index (χ1) is 8.41. The fourth-order valence-electron chi connectivity index (χ4n) is 2.20. The van der Waals surface area contributed by atoms with E-state index >= 15 is 0 Å². The summed E-state index contributed by atoms with van der Waals surface area (Å²) in [6, 6.07) is 0. The molecule has 1 heterocycles. The molecule has 0 aromatic carbocycles. The molecule has 98 valence electrons. The minimum absolute atomic E-state index is 0.0105. The van der Waals surface area contributed by atoms with Crippen molar-refractivity contribution >= 4 is 17.4 Å². The average molecular weight is 275 g/mol. The highest BCUT2D eigenvalue weighted by atomic mass is 35.5. The highest BCUT2D eigenvalue weighted by Gasteiger charge is 2.38. The van der Waals surface area contributed by atoms with Crippen molar-refractivity contribution in [2.75, 3.05) is 0 Å². The molecule has 2 rings (SSSR count). The van der Waals surface area contributed by atoms with E-state index in [1.54, 1.807) is 0 Å². The zero-order chi connectivity index (χ0) is 13.3. The van der Waals surface area contributed by atoms with E-state index in [0.29, 0.717) is 12.8 Å².